The Morgan fingerprint density at radius 2 is 2.29 bits per heavy atom. The Morgan fingerprint density at radius 3 is 3.12 bits per heavy atom. The molecule has 3 rings (SSSR count). The number of benzene rings is 1. The molecule has 0 aliphatic carbocycles. The van der Waals surface area contributed by atoms with E-state index in [1.165, 1.54) is 11.6 Å². The van der Waals surface area contributed by atoms with E-state index in [0.717, 1.165) is 30.5 Å². The van der Waals surface area contributed by atoms with Gasteiger partial charge in [-0.05, 0) is 30.8 Å². The second-order valence-corrected chi connectivity index (χ2v) is 4.63. The second-order valence-electron chi connectivity index (χ2n) is 4.63. The molecule has 1 aliphatic rings. The minimum Gasteiger partial charge on any atom is -0.361 e. The first-order valence-corrected chi connectivity index (χ1v) is 5.93. The van der Waals surface area contributed by atoms with Crippen molar-refractivity contribution < 1.29 is 4.39 Å². The van der Waals surface area contributed by atoms with Crippen LogP contribution in [0, 0.1) is 5.82 Å². The number of halogens is 1. The fourth-order valence-electron chi connectivity index (χ4n) is 2.55. The summed E-state index contributed by atoms with van der Waals surface area (Å²) < 4.78 is 13.1. The first-order valence-electron chi connectivity index (χ1n) is 5.93. The van der Waals surface area contributed by atoms with Crippen molar-refractivity contribution in [3.63, 3.8) is 0 Å². The van der Waals surface area contributed by atoms with Gasteiger partial charge in [0.1, 0.15) is 5.82 Å². The third-order valence-electron chi connectivity index (χ3n) is 3.55. The summed E-state index contributed by atoms with van der Waals surface area (Å²) >= 11 is 0. The number of piperazine rings is 1. The van der Waals surface area contributed by atoms with E-state index < -0.39 is 0 Å². The number of nitrogens with zero attached hydrogens (tertiary/aromatic N) is 1. The highest BCUT2D eigenvalue weighted by atomic mass is 19.1. The molecule has 0 radical (unpaired) electrons. The highest BCUT2D eigenvalue weighted by Gasteiger charge is 2.22. The summed E-state index contributed by atoms with van der Waals surface area (Å²) in [7, 11) is 2.13. The largest absolute Gasteiger partial charge is 0.361 e. The van der Waals surface area contributed by atoms with Crippen molar-refractivity contribution in [3.8, 4) is 0 Å². The van der Waals surface area contributed by atoms with Crippen molar-refractivity contribution in [3.05, 3.63) is 35.8 Å². The predicted octanol–water partition coefficient (Wildman–Crippen LogP) is 1.88. The molecule has 1 aromatic heterocycles. The molecule has 1 atom stereocenters. The van der Waals surface area contributed by atoms with Gasteiger partial charge in [-0.2, -0.15) is 0 Å². The van der Waals surface area contributed by atoms with Gasteiger partial charge in [-0.15, -0.1) is 0 Å². The molecule has 90 valence electrons. The SMILES string of the molecule is CN1CCNCC1c1c[nH]c2cc(F)ccc12. The highest BCUT2D eigenvalue weighted by molar-refractivity contribution is 5.83. The van der Waals surface area contributed by atoms with Crippen LogP contribution in [0.25, 0.3) is 10.9 Å². The smallest absolute Gasteiger partial charge is 0.125 e. The Hall–Kier alpha value is -1.39. The van der Waals surface area contributed by atoms with E-state index >= 15 is 0 Å². The quantitative estimate of drug-likeness (QED) is 0.788. The minimum atomic E-state index is -0.193. The molecule has 1 saturated heterocycles. The monoisotopic (exact) mass is 233 g/mol. The Bertz CT molecular complexity index is 534. The third kappa shape index (κ3) is 1.83. The standard InChI is InChI=1S/C13H16FN3/c1-17-5-4-15-8-13(17)11-7-16-12-6-9(14)2-3-10(11)12/h2-3,6-7,13,15-16H,4-5,8H2,1H3. The van der Waals surface area contributed by atoms with Crippen LogP contribution in [0.3, 0.4) is 0 Å². The molecule has 0 spiro atoms. The zero-order chi connectivity index (χ0) is 11.8. The van der Waals surface area contributed by atoms with Crippen molar-refractivity contribution in [2.45, 2.75) is 6.04 Å². The van der Waals surface area contributed by atoms with Gasteiger partial charge in [-0.1, -0.05) is 0 Å². The van der Waals surface area contributed by atoms with Gasteiger partial charge in [-0.25, -0.2) is 4.39 Å². The van der Waals surface area contributed by atoms with Crippen molar-refractivity contribution in [2.24, 2.45) is 0 Å². The van der Waals surface area contributed by atoms with E-state index in [4.69, 9.17) is 0 Å². The third-order valence-corrected chi connectivity index (χ3v) is 3.55. The molecular weight excluding hydrogens is 217 g/mol. The van der Waals surface area contributed by atoms with Gasteiger partial charge in [0.25, 0.3) is 0 Å². The van der Waals surface area contributed by atoms with Gasteiger partial charge < -0.3 is 10.3 Å². The molecule has 0 bridgehead atoms. The number of H-pyrrole nitrogens is 1. The Labute approximate surface area is 99.6 Å². The molecule has 4 heteroatoms. The lowest BCUT2D eigenvalue weighted by molar-refractivity contribution is 0.203. The summed E-state index contributed by atoms with van der Waals surface area (Å²) in [6, 6.07) is 5.30. The molecule has 1 aromatic carbocycles. The average molecular weight is 233 g/mol. The normalized spacial score (nSPS) is 22.1. The van der Waals surface area contributed by atoms with E-state index in [2.05, 4.69) is 22.2 Å². The maximum atomic E-state index is 13.1. The van der Waals surface area contributed by atoms with Crippen LogP contribution in [-0.2, 0) is 0 Å². The van der Waals surface area contributed by atoms with Crippen molar-refractivity contribution in [2.75, 3.05) is 26.7 Å². The summed E-state index contributed by atoms with van der Waals surface area (Å²) in [5.41, 5.74) is 2.12. The number of rotatable bonds is 1. The summed E-state index contributed by atoms with van der Waals surface area (Å²) in [6.45, 7) is 3.02. The van der Waals surface area contributed by atoms with E-state index in [-0.39, 0.29) is 5.82 Å². The molecule has 1 fully saturated rings. The minimum absolute atomic E-state index is 0.193. The summed E-state index contributed by atoms with van der Waals surface area (Å²) in [5, 5.41) is 4.52. The molecule has 17 heavy (non-hydrogen) atoms. The van der Waals surface area contributed by atoms with Crippen molar-refractivity contribution >= 4 is 10.9 Å². The van der Waals surface area contributed by atoms with Gasteiger partial charge in [0.2, 0.25) is 0 Å². The van der Waals surface area contributed by atoms with Gasteiger partial charge in [0.15, 0.2) is 0 Å². The Kier molecular flexibility index (Phi) is 2.61. The Balaban J connectivity index is 2.05. The first-order chi connectivity index (χ1) is 8.25. The number of hydrogen-bond donors (Lipinski definition) is 2. The topological polar surface area (TPSA) is 31.1 Å². The van der Waals surface area contributed by atoms with Crippen LogP contribution in [0.2, 0.25) is 0 Å². The van der Waals surface area contributed by atoms with Crippen molar-refractivity contribution in [1.29, 1.82) is 0 Å². The van der Waals surface area contributed by atoms with Gasteiger partial charge in [0.05, 0.1) is 0 Å². The number of aromatic nitrogens is 1. The van der Waals surface area contributed by atoms with E-state index in [1.54, 1.807) is 6.07 Å². The van der Waals surface area contributed by atoms with Crippen LogP contribution in [-0.4, -0.2) is 36.6 Å². The molecule has 2 N–H and O–H groups in total. The van der Waals surface area contributed by atoms with E-state index in [0.29, 0.717) is 6.04 Å². The molecule has 1 unspecified atom stereocenters. The molecule has 2 aromatic rings. The van der Waals surface area contributed by atoms with Crippen LogP contribution in [0.15, 0.2) is 24.4 Å². The lowest BCUT2D eigenvalue weighted by Crippen LogP contribution is -2.43. The van der Waals surface area contributed by atoms with Gasteiger partial charge in [0, 0.05) is 42.8 Å². The predicted molar refractivity (Wildman–Crippen MR) is 66.5 cm³/mol. The van der Waals surface area contributed by atoms with E-state index in [9.17, 15) is 4.39 Å². The maximum Gasteiger partial charge on any atom is 0.125 e. The zero-order valence-electron chi connectivity index (χ0n) is 9.83. The van der Waals surface area contributed by atoms with Crippen LogP contribution in [0.5, 0.6) is 0 Å². The average Bonchev–Trinajstić information content (AvgIpc) is 2.72. The number of fused-ring (bicyclic) bond motifs is 1. The number of nitrogens with one attached hydrogen (secondary N) is 2. The zero-order valence-corrected chi connectivity index (χ0v) is 9.83. The molecule has 0 amide bonds. The lowest BCUT2D eigenvalue weighted by Gasteiger charge is -2.33. The lowest BCUT2D eigenvalue weighted by atomic mass is 10.0. The van der Waals surface area contributed by atoms with E-state index in [1.807, 2.05) is 12.3 Å². The molecule has 3 nitrogen and oxygen atoms in total. The highest BCUT2D eigenvalue weighted by Crippen LogP contribution is 2.28. The second kappa shape index (κ2) is 4.13. The van der Waals surface area contributed by atoms with Gasteiger partial charge >= 0.3 is 0 Å². The molecule has 2 heterocycles. The number of aromatic amines is 1. The number of hydrogen-bond acceptors (Lipinski definition) is 2. The summed E-state index contributed by atoms with van der Waals surface area (Å²) in [5.74, 6) is -0.193. The van der Waals surface area contributed by atoms with Crippen LogP contribution >= 0.6 is 0 Å². The van der Waals surface area contributed by atoms with Crippen molar-refractivity contribution in [1.82, 2.24) is 15.2 Å². The summed E-state index contributed by atoms with van der Waals surface area (Å²) in [4.78, 5) is 5.49. The molecular formula is C13H16FN3. The number of likely N-dealkylation sites (N-methyl/N-ethyl adjacent to an activating group) is 1. The Morgan fingerprint density at radius 1 is 1.41 bits per heavy atom. The molecule has 1 aliphatic heterocycles. The fourth-order valence-corrected chi connectivity index (χ4v) is 2.55. The first kappa shape index (κ1) is 10.7. The van der Waals surface area contributed by atoms with Crippen LogP contribution in [0.4, 0.5) is 4.39 Å². The summed E-state index contributed by atoms with van der Waals surface area (Å²) in [6.07, 6.45) is 2.00. The van der Waals surface area contributed by atoms with Gasteiger partial charge in [-0.3, -0.25) is 4.90 Å². The van der Waals surface area contributed by atoms with Crippen LogP contribution in [0.1, 0.15) is 11.6 Å². The maximum absolute atomic E-state index is 13.1. The fraction of sp³-hybridized carbons (Fsp3) is 0.385. The van der Waals surface area contributed by atoms with Crippen LogP contribution < -0.4 is 5.32 Å². The molecule has 0 saturated carbocycles.